The molecule has 2 atom stereocenters. The van der Waals surface area contributed by atoms with Crippen LogP contribution in [-0.4, -0.2) is 11.9 Å². The van der Waals surface area contributed by atoms with Gasteiger partial charge >= 0.3 is 0 Å². The topological polar surface area (TPSA) is 29.1 Å². The minimum Gasteiger partial charge on any atom is -0.352 e. The molecule has 19 heavy (non-hydrogen) atoms. The van der Waals surface area contributed by atoms with Crippen LogP contribution in [0.2, 0.25) is 10.0 Å². The highest BCUT2D eigenvalue weighted by Crippen LogP contribution is 2.43. The van der Waals surface area contributed by atoms with Gasteiger partial charge in [0.1, 0.15) is 0 Å². The second-order valence-electron chi connectivity index (χ2n) is 5.95. The van der Waals surface area contributed by atoms with Gasteiger partial charge in [-0.15, -0.1) is 0 Å². The Kier molecular flexibility index (Phi) is 4.12. The Morgan fingerprint density at radius 2 is 2.11 bits per heavy atom. The Balaban J connectivity index is 2.44. The maximum absolute atomic E-state index is 11.8. The number of benzene rings is 1. The van der Waals surface area contributed by atoms with E-state index in [0.717, 1.165) is 12.0 Å². The van der Waals surface area contributed by atoms with E-state index in [1.807, 2.05) is 12.1 Å². The van der Waals surface area contributed by atoms with Gasteiger partial charge in [-0.1, -0.05) is 56.1 Å². The predicted molar refractivity (Wildman–Crippen MR) is 79.8 cm³/mol. The Morgan fingerprint density at radius 1 is 1.42 bits per heavy atom. The monoisotopic (exact) mass is 299 g/mol. The molecule has 2 rings (SSSR count). The lowest BCUT2D eigenvalue weighted by Gasteiger charge is -2.32. The van der Waals surface area contributed by atoms with Crippen LogP contribution < -0.4 is 5.32 Å². The summed E-state index contributed by atoms with van der Waals surface area (Å²) >= 11 is 12.4. The molecular formula is C15H19Cl2NO. The highest BCUT2D eigenvalue weighted by molar-refractivity contribution is 6.42. The maximum atomic E-state index is 11.8. The van der Waals surface area contributed by atoms with Crippen LogP contribution in [0.25, 0.3) is 0 Å². The van der Waals surface area contributed by atoms with E-state index in [2.05, 4.69) is 26.1 Å². The van der Waals surface area contributed by atoms with E-state index in [-0.39, 0.29) is 17.4 Å². The molecule has 1 saturated heterocycles. The number of halogens is 2. The lowest BCUT2D eigenvalue weighted by molar-refractivity contribution is -0.119. The third-order valence-electron chi connectivity index (χ3n) is 3.91. The average molecular weight is 300 g/mol. The molecule has 2 unspecified atom stereocenters. The van der Waals surface area contributed by atoms with Crippen molar-refractivity contribution in [2.75, 3.05) is 0 Å². The Hall–Kier alpha value is -0.730. The number of carbonyl (C=O) groups excluding carboxylic acids is 1. The van der Waals surface area contributed by atoms with Crippen LogP contribution in [0.5, 0.6) is 0 Å². The zero-order chi connectivity index (χ0) is 14.2. The summed E-state index contributed by atoms with van der Waals surface area (Å²) in [5.74, 6) is 0.602. The van der Waals surface area contributed by atoms with Crippen molar-refractivity contribution < 1.29 is 4.79 Å². The second-order valence-corrected chi connectivity index (χ2v) is 6.73. The zero-order valence-electron chi connectivity index (χ0n) is 11.5. The Labute approximate surface area is 124 Å². The number of hydrogen-bond acceptors (Lipinski definition) is 1. The Morgan fingerprint density at radius 3 is 2.74 bits per heavy atom. The maximum Gasteiger partial charge on any atom is 0.221 e. The molecule has 2 nitrogen and oxygen atoms in total. The molecule has 1 heterocycles. The molecule has 1 aliphatic rings. The highest BCUT2D eigenvalue weighted by atomic mass is 35.5. The predicted octanol–water partition coefficient (Wildman–Crippen LogP) is 4.19. The molecule has 4 heteroatoms. The number of rotatable bonds is 3. The summed E-state index contributed by atoms with van der Waals surface area (Å²) in [5.41, 5.74) is 0.675. The van der Waals surface area contributed by atoms with Gasteiger partial charge in [0.15, 0.2) is 0 Å². The summed E-state index contributed by atoms with van der Waals surface area (Å²) in [6.45, 7) is 6.41. The van der Waals surface area contributed by atoms with E-state index in [9.17, 15) is 4.79 Å². The third kappa shape index (κ3) is 2.75. The van der Waals surface area contributed by atoms with Crippen molar-refractivity contribution in [2.24, 2.45) is 5.92 Å². The SMILES string of the molecule is CC(C)CC1NC(=O)CC1(C)c1cccc(Cl)c1Cl. The van der Waals surface area contributed by atoms with E-state index in [4.69, 9.17) is 23.2 Å². The quantitative estimate of drug-likeness (QED) is 0.891. The molecule has 104 valence electrons. The van der Waals surface area contributed by atoms with Gasteiger partial charge in [0.2, 0.25) is 5.91 Å². The van der Waals surface area contributed by atoms with E-state index in [0.29, 0.717) is 22.4 Å². The van der Waals surface area contributed by atoms with Crippen LogP contribution in [0.1, 0.15) is 39.2 Å². The summed E-state index contributed by atoms with van der Waals surface area (Å²) in [6, 6.07) is 5.75. The summed E-state index contributed by atoms with van der Waals surface area (Å²) in [5, 5.41) is 4.19. The van der Waals surface area contributed by atoms with Gasteiger partial charge in [0.25, 0.3) is 0 Å². The summed E-state index contributed by atoms with van der Waals surface area (Å²) < 4.78 is 0. The molecule has 1 aromatic rings. The van der Waals surface area contributed by atoms with Crippen molar-refractivity contribution in [1.82, 2.24) is 5.32 Å². The third-order valence-corrected chi connectivity index (χ3v) is 4.72. The van der Waals surface area contributed by atoms with Crippen LogP contribution in [0.15, 0.2) is 18.2 Å². The first-order chi connectivity index (χ1) is 8.84. The van der Waals surface area contributed by atoms with Gasteiger partial charge in [-0.2, -0.15) is 0 Å². The lowest BCUT2D eigenvalue weighted by Crippen LogP contribution is -2.39. The van der Waals surface area contributed by atoms with Crippen molar-refractivity contribution in [3.05, 3.63) is 33.8 Å². The molecule has 1 aliphatic heterocycles. The first kappa shape index (κ1) is 14.7. The smallest absolute Gasteiger partial charge is 0.221 e. The van der Waals surface area contributed by atoms with Crippen LogP contribution in [0.3, 0.4) is 0 Å². The average Bonchev–Trinajstić information content (AvgIpc) is 2.57. The highest BCUT2D eigenvalue weighted by Gasteiger charge is 2.45. The first-order valence-corrected chi connectivity index (χ1v) is 7.34. The van der Waals surface area contributed by atoms with Gasteiger partial charge < -0.3 is 5.32 Å². The molecule has 0 aliphatic carbocycles. The van der Waals surface area contributed by atoms with Gasteiger partial charge in [0, 0.05) is 17.9 Å². The van der Waals surface area contributed by atoms with Crippen LogP contribution in [-0.2, 0) is 10.2 Å². The zero-order valence-corrected chi connectivity index (χ0v) is 13.0. The summed E-state index contributed by atoms with van der Waals surface area (Å²) in [4.78, 5) is 11.8. The molecule has 0 saturated carbocycles. The normalized spacial score (nSPS) is 26.8. The largest absolute Gasteiger partial charge is 0.352 e. The fourth-order valence-electron chi connectivity index (χ4n) is 2.88. The molecule has 1 fully saturated rings. The van der Waals surface area contributed by atoms with Crippen molar-refractivity contribution in [1.29, 1.82) is 0 Å². The molecule has 0 bridgehead atoms. The molecule has 0 radical (unpaired) electrons. The molecule has 0 aromatic heterocycles. The van der Waals surface area contributed by atoms with E-state index in [1.54, 1.807) is 6.07 Å². The minimum atomic E-state index is -0.288. The van der Waals surface area contributed by atoms with Gasteiger partial charge in [-0.25, -0.2) is 0 Å². The van der Waals surface area contributed by atoms with Crippen molar-refractivity contribution in [3.8, 4) is 0 Å². The molecule has 1 amide bonds. The number of hydrogen-bond donors (Lipinski definition) is 1. The second kappa shape index (κ2) is 5.34. The number of nitrogens with one attached hydrogen (secondary N) is 1. The van der Waals surface area contributed by atoms with Crippen molar-refractivity contribution in [2.45, 2.75) is 45.1 Å². The molecule has 0 spiro atoms. The van der Waals surface area contributed by atoms with Crippen LogP contribution >= 0.6 is 23.2 Å². The standard InChI is InChI=1S/C15H19Cl2NO/c1-9(2)7-12-15(3,8-13(19)18-12)10-5-4-6-11(16)14(10)17/h4-6,9,12H,7-8H2,1-3H3,(H,18,19). The fraction of sp³-hybridized carbons (Fsp3) is 0.533. The number of amides is 1. The van der Waals surface area contributed by atoms with E-state index < -0.39 is 0 Å². The van der Waals surface area contributed by atoms with Gasteiger partial charge in [-0.3, -0.25) is 4.79 Å². The Bertz CT molecular complexity index is 501. The summed E-state index contributed by atoms with van der Waals surface area (Å²) in [7, 11) is 0. The van der Waals surface area contributed by atoms with Crippen LogP contribution in [0, 0.1) is 5.92 Å². The molecular weight excluding hydrogens is 281 g/mol. The summed E-state index contributed by atoms with van der Waals surface area (Å²) in [6.07, 6.45) is 1.40. The first-order valence-electron chi connectivity index (χ1n) is 6.58. The molecule has 1 aromatic carbocycles. The van der Waals surface area contributed by atoms with Crippen molar-refractivity contribution in [3.63, 3.8) is 0 Å². The molecule has 1 N–H and O–H groups in total. The van der Waals surface area contributed by atoms with Gasteiger partial charge in [-0.05, 0) is 24.0 Å². The minimum absolute atomic E-state index is 0.0872. The van der Waals surface area contributed by atoms with E-state index in [1.165, 1.54) is 0 Å². The van der Waals surface area contributed by atoms with Crippen LogP contribution in [0.4, 0.5) is 0 Å². The van der Waals surface area contributed by atoms with E-state index >= 15 is 0 Å². The number of carbonyl (C=O) groups is 1. The fourth-order valence-corrected chi connectivity index (χ4v) is 3.40. The van der Waals surface area contributed by atoms with Crippen molar-refractivity contribution >= 4 is 29.1 Å². The van der Waals surface area contributed by atoms with Gasteiger partial charge in [0.05, 0.1) is 10.0 Å². The lowest BCUT2D eigenvalue weighted by atomic mass is 9.73.